The van der Waals surface area contributed by atoms with Gasteiger partial charge in [0.1, 0.15) is 11.5 Å². The number of aromatic hydroxyl groups is 2. The normalized spacial score (nSPS) is 11.2. The molecule has 0 saturated heterocycles. The molecule has 5 nitrogen and oxygen atoms in total. The first-order valence-electron chi connectivity index (χ1n) is 6.45. The lowest BCUT2D eigenvalue weighted by Gasteiger charge is -2.05. The molecule has 0 radical (unpaired) electrons. The lowest BCUT2D eigenvalue weighted by atomic mass is 10.1. The Labute approximate surface area is 122 Å². The monoisotopic (exact) mass is 284 g/mol. The number of carbonyl (C=O) groups is 1. The predicted octanol–water partition coefficient (Wildman–Crippen LogP) is 2.45. The maximum atomic E-state index is 11.9. The van der Waals surface area contributed by atoms with E-state index < -0.39 is 5.91 Å². The first kappa shape index (κ1) is 14.6. The standard InChI is InChI=1S/C16H16N2O3/c1-11(9-12-5-3-2-4-6-12)17-18-16(21)14-10-13(19)7-8-15(14)20/h2-8,10,19-20H,9H2,1H3,(H,18,21). The van der Waals surface area contributed by atoms with Gasteiger partial charge in [-0.1, -0.05) is 30.3 Å². The number of phenolic OH excluding ortho intramolecular Hbond substituents is 2. The predicted molar refractivity (Wildman–Crippen MR) is 80.5 cm³/mol. The first-order valence-corrected chi connectivity index (χ1v) is 6.45. The molecule has 0 aliphatic carbocycles. The van der Waals surface area contributed by atoms with Crippen molar-refractivity contribution in [2.24, 2.45) is 5.10 Å². The Balaban J connectivity index is 2.02. The maximum Gasteiger partial charge on any atom is 0.275 e. The minimum absolute atomic E-state index is 0.0220. The minimum Gasteiger partial charge on any atom is -0.508 e. The number of carbonyl (C=O) groups excluding carboxylic acids is 1. The quantitative estimate of drug-likeness (QED) is 0.458. The molecule has 108 valence electrons. The summed E-state index contributed by atoms with van der Waals surface area (Å²) in [6.07, 6.45) is 0.618. The summed E-state index contributed by atoms with van der Waals surface area (Å²) in [5, 5.41) is 22.9. The Kier molecular flexibility index (Phi) is 4.56. The maximum absolute atomic E-state index is 11.9. The summed E-state index contributed by atoms with van der Waals surface area (Å²) in [7, 11) is 0. The molecule has 0 aromatic heterocycles. The Bertz CT molecular complexity index is 666. The van der Waals surface area contributed by atoms with Gasteiger partial charge in [-0.05, 0) is 30.7 Å². The molecule has 2 aromatic carbocycles. The van der Waals surface area contributed by atoms with Crippen molar-refractivity contribution in [2.45, 2.75) is 13.3 Å². The van der Waals surface area contributed by atoms with Crippen LogP contribution in [-0.4, -0.2) is 21.8 Å². The van der Waals surface area contributed by atoms with Crippen molar-refractivity contribution in [1.82, 2.24) is 5.43 Å². The Hall–Kier alpha value is -2.82. The number of hydrazone groups is 1. The average Bonchev–Trinajstić information content (AvgIpc) is 2.48. The van der Waals surface area contributed by atoms with E-state index >= 15 is 0 Å². The summed E-state index contributed by atoms with van der Waals surface area (Å²) in [6.45, 7) is 1.80. The molecule has 1 amide bonds. The number of benzene rings is 2. The summed E-state index contributed by atoms with van der Waals surface area (Å²) < 4.78 is 0. The highest BCUT2D eigenvalue weighted by Gasteiger charge is 2.11. The van der Waals surface area contributed by atoms with Gasteiger partial charge >= 0.3 is 0 Å². The van der Waals surface area contributed by atoms with E-state index in [9.17, 15) is 15.0 Å². The number of nitrogens with one attached hydrogen (secondary N) is 1. The van der Waals surface area contributed by atoms with Crippen LogP contribution in [0, 0.1) is 0 Å². The van der Waals surface area contributed by atoms with Gasteiger partial charge in [0.2, 0.25) is 0 Å². The molecule has 0 aliphatic rings. The van der Waals surface area contributed by atoms with Crippen LogP contribution in [0.5, 0.6) is 11.5 Å². The number of amides is 1. The molecule has 3 N–H and O–H groups in total. The second kappa shape index (κ2) is 6.56. The van der Waals surface area contributed by atoms with Crippen LogP contribution in [0.1, 0.15) is 22.8 Å². The molecule has 2 aromatic rings. The van der Waals surface area contributed by atoms with Gasteiger partial charge in [-0.2, -0.15) is 5.10 Å². The third-order valence-electron chi connectivity index (χ3n) is 2.88. The SMILES string of the molecule is CC(Cc1ccccc1)=NNC(=O)c1cc(O)ccc1O. The lowest BCUT2D eigenvalue weighted by molar-refractivity contribution is 0.0951. The molecular formula is C16H16N2O3. The number of hydrogen-bond donors (Lipinski definition) is 3. The van der Waals surface area contributed by atoms with Crippen LogP contribution in [-0.2, 0) is 6.42 Å². The highest BCUT2D eigenvalue weighted by Crippen LogP contribution is 2.21. The topological polar surface area (TPSA) is 81.9 Å². The first-order chi connectivity index (χ1) is 10.1. The van der Waals surface area contributed by atoms with Gasteiger partial charge in [0.25, 0.3) is 5.91 Å². The van der Waals surface area contributed by atoms with Crippen LogP contribution < -0.4 is 5.43 Å². The van der Waals surface area contributed by atoms with E-state index in [0.717, 1.165) is 11.3 Å². The molecule has 2 rings (SSSR count). The molecule has 0 unspecified atom stereocenters. The van der Waals surface area contributed by atoms with Crippen molar-refractivity contribution in [3.63, 3.8) is 0 Å². The van der Waals surface area contributed by atoms with Crippen molar-refractivity contribution < 1.29 is 15.0 Å². The number of phenols is 2. The van der Waals surface area contributed by atoms with Gasteiger partial charge in [0.05, 0.1) is 5.56 Å². The van der Waals surface area contributed by atoms with Crippen LogP contribution >= 0.6 is 0 Å². The molecular weight excluding hydrogens is 268 g/mol. The molecule has 0 bridgehead atoms. The fraction of sp³-hybridized carbons (Fsp3) is 0.125. The van der Waals surface area contributed by atoms with E-state index in [-0.39, 0.29) is 17.1 Å². The Morgan fingerprint density at radius 1 is 1.14 bits per heavy atom. The van der Waals surface area contributed by atoms with E-state index in [0.29, 0.717) is 6.42 Å². The second-order valence-corrected chi connectivity index (χ2v) is 4.65. The Morgan fingerprint density at radius 2 is 1.86 bits per heavy atom. The van der Waals surface area contributed by atoms with Crippen molar-refractivity contribution in [1.29, 1.82) is 0 Å². The third kappa shape index (κ3) is 4.07. The van der Waals surface area contributed by atoms with Crippen LogP contribution in [0.3, 0.4) is 0 Å². The van der Waals surface area contributed by atoms with Gasteiger partial charge in [-0.25, -0.2) is 5.43 Å². The van der Waals surface area contributed by atoms with Gasteiger partial charge in [0.15, 0.2) is 0 Å². The van der Waals surface area contributed by atoms with E-state index in [2.05, 4.69) is 10.5 Å². The summed E-state index contributed by atoms with van der Waals surface area (Å²) in [5.74, 6) is -0.875. The molecule has 0 heterocycles. The molecule has 0 spiro atoms. The van der Waals surface area contributed by atoms with Crippen molar-refractivity contribution in [3.8, 4) is 11.5 Å². The van der Waals surface area contributed by atoms with E-state index in [1.165, 1.54) is 18.2 Å². The fourth-order valence-corrected chi connectivity index (χ4v) is 1.84. The zero-order valence-electron chi connectivity index (χ0n) is 11.6. The molecule has 0 saturated carbocycles. The highest BCUT2D eigenvalue weighted by atomic mass is 16.3. The Morgan fingerprint density at radius 3 is 2.57 bits per heavy atom. The zero-order valence-corrected chi connectivity index (χ0v) is 11.6. The number of nitrogens with zero attached hydrogens (tertiary/aromatic N) is 1. The van der Waals surface area contributed by atoms with Gasteiger partial charge in [-0.15, -0.1) is 0 Å². The third-order valence-corrected chi connectivity index (χ3v) is 2.88. The smallest absolute Gasteiger partial charge is 0.275 e. The van der Waals surface area contributed by atoms with Crippen molar-refractivity contribution >= 4 is 11.6 Å². The van der Waals surface area contributed by atoms with E-state index in [1.54, 1.807) is 6.92 Å². The van der Waals surface area contributed by atoms with Crippen molar-refractivity contribution in [2.75, 3.05) is 0 Å². The summed E-state index contributed by atoms with van der Waals surface area (Å²) in [5.41, 5.74) is 4.16. The molecule has 21 heavy (non-hydrogen) atoms. The van der Waals surface area contributed by atoms with Crippen LogP contribution in [0.25, 0.3) is 0 Å². The summed E-state index contributed by atoms with van der Waals surface area (Å²) in [4.78, 5) is 11.9. The minimum atomic E-state index is -0.573. The van der Waals surface area contributed by atoms with E-state index in [1.807, 2.05) is 30.3 Å². The lowest BCUT2D eigenvalue weighted by Crippen LogP contribution is -2.19. The molecule has 0 aliphatic heterocycles. The second-order valence-electron chi connectivity index (χ2n) is 4.65. The fourth-order valence-electron chi connectivity index (χ4n) is 1.84. The van der Waals surface area contributed by atoms with Crippen molar-refractivity contribution in [3.05, 3.63) is 59.7 Å². The summed E-state index contributed by atoms with van der Waals surface area (Å²) >= 11 is 0. The van der Waals surface area contributed by atoms with Crippen LogP contribution in [0.4, 0.5) is 0 Å². The molecule has 0 atom stereocenters. The van der Waals surface area contributed by atoms with Crippen LogP contribution in [0.15, 0.2) is 53.6 Å². The van der Waals surface area contributed by atoms with Crippen LogP contribution in [0.2, 0.25) is 0 Å². The zero-order chi connectivity index (χ0) is 15.2. The summed E-state index contributed by atoms with van der Waals surface area (Å²) in [6, 6.07) is 13.5. The molecule has 5 heteroatoms. The highest BCUT2D eigenvalue weighted by molar-refractivity contribution is 5.98. The van der Waals surface area contributed by atoms with Gasteiger partial charge in [-0.3, -0.25) is 4.79 Å². The van der Waals surface area contributed by atoms with Gasteiger partial charge < -0.3 is 10.2 Å². The largest absolute Gasteiger partial charge is 0.508 e. The number of hydrogen-bond acceptors (Lipinski definition) is 4. The average molecular weight is 284 g/mol. The van der Waals surface area contributed by atoms with Gasteiger partial charge in [0, 0.05) is 12.1 Å². The van der Waals surface area contributed by atoms with E-state index in [4.69, 9.17) is 0 Å². The molecule has 0 fully saturated rings. The number of rotatable bonds is 4.